The minimum atomic E-state index is -2.45. The summed E-state index contributed by atoms with van der Waals surface area (Å²) in [6, 6.07) is 10.7. The molecule has 5 nitrogen and oxygen atoms in total. The van der Waals surface area contributed by atoms with Gasteiger partial charge in [0.1, 0.15) is 0 Å². The van der Waals surface area contributed by atoms with E-state index in [1.807, 2.05) is 42.5 Å². The van der Waals surface area contributed by atoms with Gasteiger partial charge in [-0.1, -0.05) is 61.4 Å². The molecule has 0 amide bonds. The van der Waals surface area contributed by atoms with Crippen molar-refractivity contribution in [3.63, 3.8) is 0 Å². The van der Waals surface area contributed by atoms with Crippen LogP contribution in [0.15, 0.2) is 48.6 Å². The van der Waals surface area contributed by atoms with Crippen LogP contribution in [0.2, 0.25) is 6.04 Å². The van der Waals surface area contributed by atoms with Gasteiger partial charge in [-0.05, 0) is 18.4 Å². The number of carbonyl (C=O) groups is 1. The monoisotopic (exact) mass is 378 g/mol. The Morgan fingerprint density at radius 2 is 1.58 bits per heavy atom. The van der Waals surface area contributed by atoms with Gasteiger partial charge in [0.25, 0.3) is 0 Å². The van der Waals surface area contributed by atoms with Crippen LogP contribution in [0.3, 0.4) is 0 Å². The summed E-state index contributed by atoms with van der Waals surface area (Å²) < 4.78 is 21.3. The fraction of sp³-hybridized carbons (Fsp3) is 0.450. The normalized spacial score (nSPS) is 12.1. The summed E-state index contributed by atoms with van der Waals surface area (Å²) in [5.74, 6) is -0.313. The number of hydrogen-bond donors (Lipinski definition) is 0. The van der Waals surface area contributed by atoms with Crippen molar-refractivity contribution in [1.29, 1.82) is 0 Å². The molecule has 0 bridgehead atoms. The fourth-order valence-corrected chi connectivity index (χ4v) is 4.23. The zero-order valence-electron chi connectivity index (χ0n) is 16.0. The van der Waals surface area contributed by atoms with Crippen LogP contribution in [-0.4, -0.2) is 42.7 Å². The van der Waals surface area contributed by atoms with Crippen molar-refractivity contribution in [3.8, 4) is 0 Å². The number of ether oxygens (including phenoxy) is 1. The first-order valence-corrected chi connectivity index (χ1v) is 10.8. The molecule has 1 rings (SSSR count). The van der Waals surface area contributed by atoms with E-state index in [2.05, 4.69) is 0 Å². The highest BCUT2D eigenvalue weighted by Crippen LogP contribution is 2.17. The molecule has 0 aliphatic heterocycles. The van der Waals surface area contributed by atoms with E-state index in [1.165, 1.54) is 6.08 Å². The molecule has 0 atom stereocenters. The van der Waals surface area contributed by atoms with E-state index in [0.29, 0.717) is 6.61 Å². The molecule has 0 spiro atoms. The number of carbonyl (C=O) groups excluding carboxylic acids is 1. The van der Waals surface area contributed by atoms with Crippen molar-refractivity contribution < 1.29 is 22.8 Å². The zero-order valence-corrected chi connectivity index (χ0v) is 17.0. The van der Waals surface area contributed by atoms with Crippen LogP contribution in [0.5, 0.6) is 0 Å². The maximum absolute atomic E-state index is 11.6. The first kappa shape index (κ1) is 22.3. The summed E-state index contributed by atoms with van der Waals surface area (Å²) in [6.07, 6.45) is 10.7. The van der Waals surface area contributed by atoms with Crippen molar-refractivity contribution in [1.82, 2.24) is 0 Å². The Balaban J connectivity index is 2.09. The predicted octanol–water partition coefficient (Wildman–Crippen LogP) is 4.24. The molecule has 0 saturated heterocycles. The topological polar surface area (TPSA) is 54.0 Å². The third-order valence-electron chi connectivity index (χ3n) is 3.99. The van der Waals surface area contributed by atoms with Crippen molar-refractivity contribution in [2.45, 2.75) is 31.7 Å². The molecule has 1 aromatic carbocycles. The smallest absolute Gasteiger partial charge is 0.463 e. The van der Waals surface area contributed by atoms with Gasteiger partial charge in [0.15, 0.2) is 0 Å². The highest BCUT2D eigenvalue weighted by molar-refractivity contribution is 6.60. The Morgan fingerprint density at radius 1 is 0.923 bits per heavy atom. The second-order valence-electron chi connectivity index (χ2n) is 5.76. The Hall–Kier alpha value is -1.73. The van der Waals surface area contributed by atoms with Gasteiger partial charge in [0.2, 0.25) is 0 Å². The molecular weight excluding hydrogens is 348 g/mol. The van der Waals surface area contributed by atoms with Gasteiger partial charge in [0, 0.05) is 33.4 Å². The molecular formula is C20H30O5Si. The number of benzene rings is 1. The van der Waals surface area contributed by atoms with Crippen molar-refractivity contribution in [3.05, 3.63) is 54.1 Å². The van der Waals surface area contributed by atoms with Crippen molar-refractivity contribution in [2.24, 2.45) is 0 Å². The number of esters is 1. The summed E-state index contributed by atoms with van der Waals surface area (Å²) in [4.78, 5) is 11.6. The van der Waals surface area contributed by atoms with Crippen LogP contribution in [-0.2, 0) is 22.8 Å². The van der Waals surface area contributed by atoms with Crippen LogP contribution in [0.1, 0.15) is 31.2 Å². The van der Waals surface area contributed by atoms with E-state index < -0.39 is 8.80 Å². The Morgan fingerprint density at radius 3 is 2.23 bits per heavy atom. The summed E-state index contributed by atoms with van der Waals surface area (Å²) in [5, 5.41) is 0. The standard InChI is InChI=1S/C20H30O5Si/c1-22-26(23-2,24-3)18-12-5-4-11-17-25-20(21)16-10-9-15-19-13-7-6-8-14-19/h6-10,13-16H,4-5,11-12,17-18H2,1-3H3. The second-order valence-corrected chi connectivity index (χ2v) is 8.85. The Kier molecular flexibility index (Phi) is 11.6. The quantitative estimate of drug-likeness (QED) is 0.169. The molecule has 144 valence electrons. The van der Waals surface area contributed by atoms with Gasteiger partial charge < -0.3 is 18.0 Å². The molecule has 0 fully saturated rings. The van der Waals surface area contributed by atoms with Gasteiger partial charge >= 0.3 is 14.8 Å². The number of hydrogen-bond acceptors (Lipinski definition) is 5. The third-order valence-corrected chi connectivity index (χ3v) is 6.82. The third kappa shape index (κ3) is 9.10. The Bertz CT molecular complexity index is 544. The molecule has 0 N–H and O–H groups in total. The highest BCUT2D eigenvalue weighted by Gasteiger charge is 2.36. The van der Waals surface area contributed by atoms with E-state index in [4.69, 9.17) is 18.0 Å². The van der Waals surface area contributed by atoms with E-state index in [9.17, 15) is 4.79 Å². The summed E-state index contributed by atoms with van der Waals surface area (Å²) in [6.45, 7) is 0.437. The van der Waals surface area contributed by atoms with Crippen LogP contribution in [0, 0.1) is 0 Å². The van der Waals surface area contributed by atoms with Crippen molar-refractivity contribution in [2.75, 3.05) is 27.9 Å². The maximum atomic E-state index is 11.6. The average Bonchev–Trinajstić information content (AvgIpc) is 2.69. The molecule has 0 heterocycles. The lowest BCUT2D eigenvalue weighted by molar-refractivity contribution is -0.137. The maximum Gasteiger partial charge on any atom is 0.500 e. The van der Waals surface area contributed by atoms with Crippen LogP contribution in [0.25, 0.3) is 6.08 Å². The zero-order chi connectivity index (χ0) is 19.1. The van der Waals surface area contributed by atoms with Gasteiger partial charge in [-0.2, -0.15) is 0 Å². The first-order chi connectivity index (χ1) is 12.7. The minimum absolute atomic E-state index is 0.313. The van der Waals surface area contributed by atoms with Crippen LogP contribution >= 0.6 is 0 Å². The van der Waals surface area contributed by atoms with Gasteiger partial charge in [0.05, 0.1) is 6.61 Å². The minimum Gasteiger partial charge on any atom is -0.463 e. The SMILES string of the molecule is CO[Si](CCCCCCOC(=O)C=CC=Cc1ccccc1)(OC)OC. The number of allylic oxidation sites excluding steroid dienone is 2. The molecule has 0 unspecified atom stereocenters. The first-order valence-electron chi connectivity index (χ1n) is 8.88. The largest absolute Gasteiger partial charge is 0.500 e. The summed E-state index contributed by atoms with van der Waals surface area (Å²) in [5.41, 5.74) is 1.09. The van der Waals surface area contributed by atoms with E-state index >= 15 is 0 Å². The molecule has 6 heteroatoms. The predicted molar refractivity (Wildman–Crippen MR) is 106 cm³/mol. The van der Waals surface area contributed by atoms with Gasteiger partial charge in [-0.15, -0.1) is 0 Å². The number of rotatable bonds is 13. The highest BCUT2D eigenvalue weighted by atomic mass is 28.4. The lowest BCUT2D eigenvalue weighted by atomic mass is 10.2. The molecule has 0 aliphatic rings. The molecule has 0 radical (unpaired) electrons. The molecule has 0 saturated carbocycles. The molecule has 1 aromatic rings. The lowest BCUT2D eigenvalue weighted by Gasteiger charge is -2.24. The number of unbranched alkanes of at least 4 members (excludes halogenated alkanes) is 3. The summed E-state index contributed by atoms with van der Waals surface area (Å²) >= 11 is 0. The molecule has 26 heavy (non-hydrogen) atoms. The fourth-order valence-electron chi connectivity index (χ4n) is 2.44. The van der Waals surface area contributed by atoms with Gasteiger partial charge in [-0.3, -0.25) is 0 Å². The van der Waals surface area contributed by atoms with E-state index in [0.717, 1.165) is 37.3 Å². The Labute approximate surface area is 158 Å². The lowest BCUT2D eigenvalue weighted by Crippen LogP contribution is -2.42. The average molecular weight is 379 g/mol. The second kappa shape index (κ2) is 13.5. The molecule has 0 aromatic heterocycles. The van der Waals surface area contributed by atoms with Gasteiger partial charge in [-0.25, -0.2) is 4.79 Å². The summed E-state index contributed by atoms with van der Waals surface area (Å²) in [7, 11) is 2.43. The van der Waals surface area contributed by atoms with Crippen molar-refractivity contribution >= 4 is 20.8 Å². The van der Waals surface area contributed by atoms with Crippen LogP contribution in [0.4, 0.5) is 0 Å². The van der Waals surface area contributed by atoms with Crippen LogP contribution < -0.4 is 0 Å². The van der Waals surface area contributed by atoms with E-state index in [1.54, 1.807) is 27.4 Å². The van der Waals surface area contributed by atoms with E-state index in [-0.39, 0.29) is 5.97 Å². The molecule has 0 aliphatic carbocycles.